The van der Waals surface area contributed by atoms with Crippen LogP contribution in [0.2, 0.25) is 0 Å². The topological polar surface area (TPSA) is 32.3 Å². The van der Waals surface area contributed by atoms with Gasteiger partial charge in [-0.3, -0.25) is 4.79 Å². The molecular weight excluding hydrogens is 236 g/mol. The van der Waals surface area contributed by atoms with Gasteiger partial charge >= 0.3 is 0 Å². The molecule has 1 heterocycles. The summed E-state index contributed by atoms with van der Waals surface area (Å²) in [6, 6.07) is 0.319. The third kappa shape index (κ3) is 4.34. The maximum atomic E-state index is 12.5. The molecule has 1 amide bonds. The minimum atomic E-state index is 0.319. The molecule has 3 nitrogen and oxygen atoms in total. The van der Waals surface area contributed by atoms with Gasteiger partial charge in [-0.1, -0.05) is 12.2 Å². The minimum absolute atomic E-state index is 0.319. The Balaban J connectivity index is 1.86. The van der Waals surface area contributed by atoms with E-state index in [0.29, 0.717) is 30.2 Å². The van der Waals surface area contributed by atoms with Gasteiger partial charge in [0.25, 0.3) is 0 Å². The van der Waals surface area contributed by atoms with Crippen LogP contribution >= 0.6 is 0 Å². The highest BCUT2D eigenvalue weighted by atomic mass is 16.2. The maximum Gasteiger partial charge on any atom is 0.223 e. The molecule has 0 spiro atoms. The molecule has 0 aromatic heterocycles. The van der Waals surface area contributed by atoms with Crippen molar-refractivity contribution in [1.29, 1.82) is 0 Å². The number of nitrogens with one attached hydrogen (secondary N) is 1. The van der Waals surface area contributed by atoms with Gasteiger partial charge < -0.3 is 10.2 Å². The van der Waals surface area contributed by atoms with Crippen LogP contribution in [-0.2, 0) is 4.79 Å². The molecule has 108 valence electrons. The van der Waals surface area contributed by atoms with Crippen molar-refractivity contribution in [3.8, 4) is 0 Å². The standard InChI is InChI=1S/C16H28N2O/c1-13(2)18(12-15-8-5-9-17-11-15)16(19)10-14-6-3-4-7-14/h3,6,13-15,17H,4-5,7-12H2,1-2H3. The number of piperidine rings is 1. The second-order valence-corrected chi connectivity index (χ2v) is 6.32. The first kappa shape index (κ1) is 14.6. The van der Waals surface area contributed by atoms with Crippen LogP contribution in [0, 0.1) is 11.8 Å². The van der Waals surface area contributed by atoms with E-state index in [4.69, 9.17) is 0 Å². The van der Waals surface area contributed by atoms with Crippen molar-refractivity contribution in [2.24, 2.45) is 11.8 Å². The molecule has 1 aliphatic heterocycles. The third-order valence-corrected chi connectivity index (χ3v) is 4.35. The Kier molecular flexibility index (Phi) is 5.44. The van der Waals surface area contributed by atoms with Gasteiger partial charge in [-0.25, -0.2) is 0 Å². The van der Waals surface area contributed by atoms with E-state index in [-0.39, 0.29) is 0 Å². The highest BCUT2D eigenvalue weighted by molar-refractivity contribution is 5.77. The zero-order valence-corrected chi connectivity index (χ0v) is 12.4. The van der Waals surface area contributed by atoms with Gasteiger partial charge in [0.05, 0.1) is 0 Å². The predicted molar refractivity (Wildman–Crippen MR) is 78.9 cm³/mol. The fraction of sp³-hybridized carbons (Fsp3) is 0.812. The Morgan fingerprint density at radius 2 is 2.26 bits per heavy atom. The van der Waals surface area contributed by atoms with E-state index in [1.165, 1.54) is 12.8 Å². The summed E-state index contributed by atoms with van der Waals surface area (Å²) in [5.41, 5.74) is 0. The highest BCUT2D eigenvalue weighted by Gasteiger charge is 2.24. The fourth-order valence-electron chi connectivity index (χ4n) is 3.17. The second kappa shape index (κ2) is 7.09. The van der Waals surface area contributed by atoms with Crippen LogP contribution in [0.15, 0.2) is 12.2 Å². The molecule has 2 unspecified atom stereocenters. The molecule has 1 N–H and O–H groups in total. The average Bonchev–Trinajstić information content (AvgIpc) is 2.89. The lowest BCUT2D eigenvalue weighted by atomic mass is 9.97. The molecule has 1 aliphatic carbocycles. The van der Waals surface area contributed by atoms with E-state index >= 15 is 0 Å². The number of amides is 1. The second-order valence-electron chi connectivity index (χ2n) is 6.32. The van der Waals surface area contributed by atoms with Gasteiger partial charge in [0.1, 0.15) is 0 Å². The molecule has 1 fully saturated rings. The first-order chi connectivity index (χ1) is 9.16. The number of carbonyl (C=O) groups excluding carboxylic acids is 1. The van der Waals surface area contributed by atoms with Crippen molar-refractivity contribution < 1.29 is 4.79 Å². The first-order valence-corrected chi connectivity index (χ1v) is 7.83. The zero-order chi connectivity index (χ0) is 13.7. The van der Waals surface area contributed by atoms with Crippen molar-refractivity contribution in [3.05, 3.63) is 12.2 Å². The summed E-state index contributed by atoms with van der Waals surface area (Å²) in [6.45, 7) is 7.41. The zero-order valence-electron chi connectivity index (χ0n) is 12.4. The lowest BCUT2D eigenvalue weighted by molar-refractivity contribution is -0.134. The summed E-state index contributed by atoms with van der Waals surface area (Å²) in [4.78, 5) is 14.6. The molecule has 3 heteroatoms. The summed E-state index contributed by atoms with van der Waals surface area (Å²) in [5.74, 6) is 1.47. The van der Waals surface area contributed by atoms with E-state index in [1.54, 1.807) is 0 Å². The molecule has 0 radical (unpaired) electrons. The number of rotatable bonds is 5. The monoisotopic (exact) mass is 264 g/mol. The van der Waals surface area contributed by atoms with Crippen LogP contribution in [0.1, 0.15) is 46.0 Å². The molecule has 19 heavy (non-hydrogen) atoms. The van der Waals surface area contributed by atoms with E-state index < -0.39 is 0 Å². The van der Waals surface area contributed by atoms with E-state index in [0.717, 1.165) is 32.5 Å². The van der Waals surface area contributed by atoms with Crippen LogP contribution in [0.4, 0.5) is 0 Å². The van der Waals surface area contributed by atoms with Crippen molar-refractivity contribution in [2.45, 2.75) is 52.0 Å². The van der Waals surface area contributed by atoms with Crippen molar-refractivity contribution in [1.82, 2.24) is 10.2 Å². The van der Waals surface area contributed by atoms with Gasteiger partial charge in [-0.05, 0) is 64.5 Å². The largest absolute Gasteiger partial charge is 0.340 e. The van der Waals surface area contributed by atoms with Gasteiger partial charge in [-0.2, -0.15) is 0 Å². The molecule has 2 atom stereocenters. The van der Waals surface area contributed by atoms with Gasteiger partial charge in [-0.15, -0.1) is 0 Å². The van der Waals surface area contributed by atoms with Gasteiger partial charge in [0.2, 0.25) is 5.91 Å². The molecule has 1 saturated heterocycles. The SMILES string of the molecule is CC(C)N(CC1CCCNC1)C(=O)CC1C=CCC1. The molecule has 0 saturated carbocycles. The summed E-state index contributed by atoms with van der Waals surface area (Å²) in [7, 11) is 0. The summed E-state index contributed by atoms with van der Waals surface area (Å²) < 4.78 is 0. The molecule has 0 aromatic rings. The minimum Gasteiger partial charge on any atom is -0.340 e. The Hall–Kier alpha value is -0.830. The molecule has 0 bridgehead atoms. The van der Waals surface area contributed by atoms with Crippen LogP contribution in [0.5, 0.6) is 0 Å². The van der Waals surface area contributed by atoms with Gasteiger partial charge in [0.15, 0.2) is 0 Å². The normalized spacial score (nSPS) is 26.9. The van der Waals surface area contributed by atoms with Crippen molar-refractivity contribution >= 4 is 5.91 Å². The lowest BCUT2D eigenvalue weighted by Gasteiger charge is -2.33. The van der Waals surface area contributed by atoms with Crippen molar-refractivity contribution in [3.63, 3.8) is 0 Å². The van der Waals surface area contributed by atoms with Crippen molar-refractivity contribution in [2.75, 3.05) is 19.6 Å². The molecule has 2 aliphatic rings. The molecule has 0 aromatic carbocycles. The number of hydrogen-bond acceptors (Lipinski definition) is 2. The maximum absolute atomic E-state index is 12.5. The summed E-state index contributed by atoms with van der Waals surface area (Å²) >= 11 is 0. The Morgan fingerprint density at radius 3 is 2.84 bits per heavy atom. The number of carbonyl (C=O) groups is 1. The summed E-state index contributed by atoms with van der Waals surface area (Å²) in [5, 5.41) is 3.44. The molecule has 2 rings (SSSR count). The third-order valence-electron chi connectivity index (χ3n) is 4.35. The van der Waals surface area contributed by atoms with E-state index in [2.05, 4.69) is 36.2 Å². The molecular formula is C16H28N2O. The predicted octanol–water partition coefficient (Wildman–Crippen LogP) is 2.58. The van der Waals surface area contributed by atoms with Gasteiger partial charge in [0, 0.05) is 19.0 Å². The first-order valence-electron chi connectivity index (χ1n) is 7.83. The smallest absolute Gasteiger partial charge is 0.223 e. The van der Waals surface area contributed by atoms with E-state index in [1.807, 2.05) is 0 Å². The van der Waals surface area contributed by atoms with Crippen LogP contribution in [0.25, 0.3) is 0 Å². The highest BCUT2D eigenvalue weighted by Crippen LogP contribution is 2.22. The Morgan fingerprint density at radius 1 is 1.42 bits per heavy atom. The number of hydrogen-bond donors (Lipinski definition) is 1. The number of allylic oxidation sites excluding steroid dienone is 2. The fourth-order valence-corrected chi connectivity index (χ4v) is 3.17. The lowest BCUT2D eigenvalue weighted by Crippen LogP contribution is -2.44. The van der Waals surface area contributed by atoms with Crippen LogP contribution in [0.3, 0.4) is 0 Å². The quantitative estimate of drug-likeness (QED) is 0.774. The van der Waals surface area contributed by atoms with Crippen LogP contribution in [-0.4, -0.2) is 36.5 Å². The van der Waals surface area contributed by atoms with Crippen LogP contribution < -0.4 is 5.32 Å². The average molecular weight is 264 g/mol. The Bertz CT molecular complexity index is 319. The summed E-state index contributed by atoms with van der Waals surface area (Å²) in [6.07, 6.45) is 9.94. The Labute approximate surface area is 117 Å². The van der Waals surface area contributed by atoms with E-state index in [9.17, 15) is 4.79 Å². The number of nitrogens with zero attached hydrogens (tertiary/aromatic N) is 1.